The van der Waals surface area contributed by atoms with Gasteiger partial charge in [-0.15, -0.1) is 0 Å². The molecule has 0 saturated carbocycles. The van der Waals surface area contributed by atoms with Crippen molar-refractivity contribution >= 4 is 11.6 Å². The molecule has 0 radical (unpaired) electrons. The third-order valence-electron chi connectivity index (χ3n) is 3.62. The van der Waals surface area contributed by atoms with Crippen molar-refractivity contribution < 1.29 is 4.52 Å². The van der Waals surface area contributed by atoms with Gasteiger partial charge in [-0.05, 0) is 38.3 Å². The summed E-state index contributed by atoms with van der Waals surface area (Å²) in [6.45, 7) is 4.26. The lowest BCUT2D eigenvalue weighted by molar-refractivity contribution is 0.338. The molecular weight excluding hydrogens is 278 g/mol. The fourth-order valence-corrected chi connectivity index (χ4v) is 2.52. The van der Waals surface area contributed by atoms with E-state index in [1.165, 1.54) is 19.3 Å². The number of piperidine rings is 1. The molecule has 0 atom stereocenters. The SMILES string of the molecule is Cc1noc(CN=C(Nc2ccccc2)N2CCCCC2)n1. The molecule has 2 aromatic rings. The molecule has 6 nitrogen and oxygen atoms in total. The standard InChI is InChI=1S/C16H21N5O/c1-13-18-15(22-20-13)12-17-16(21-10-6-3-7-11-21)19-14-8-4-2-5-9-14/h2,4-5,8-9H,3,6-7,10-12H2,1H3,(H,17,19). The Morgan fingerprint density at radius 3 is 2.68 bits per heavy atom. The number of nitrogens with one attached hydrogen (secondary N) is 1. The summed E-state index contributed by atoms with van der Waals surface area (Å²) in [7, 11) is 0. The van der Waals surface area contributed by atoms with Crippen LogP contribution in [0.2, 0.25) is 0 Å². The third-order valence-corrected chi connectivity index (χ3v) is 3.62. The molecule has 6 heteroatoms. The number of nitrogens with zero attached hydrogens (tertiary/aromatic N) is 4. The molecule has 0 unspecified atom stereocenters. The van der Waals surface area contributed by atoms with Gasteiger partial charge in [-0.25, -0.2) is 4.99 Å². The minimum absolute atomic E-state index is 0.395. The van der Waals surface area contributed by atoms with Crippen LogP contribution >= 0.6 is 0 Å². The second-order valence-corrected chi connectivity index (χ2v) is 5.41. The van der Waals surface area contributed by atoms with Gasteiger partial charge in [0.15, 0.2) is 11.8 Å². The Bertz CT molecular complexity index is 616. The van der Waals surface area contributed by atoms with Crippen molar-refractivity contribution in [3.05, 3.63) is 42.0 Å². The van der Waals surface area contributed by atoms with Crippen molar-refractivity contribution in [2.24, 2.45) is 4.99 Å². The van der Waals surface area contributed by atoms with Gasteiger partial charge in [-0.1, -0.05) is 23.4 Å². The van der Waals surface area contributed by atoms with Gasteiger partial charge < -0.3 is 14.7 Å². The van der Waals surface area contributed by atoms with E-state index in [0.717, 1.165) is 24.7 Å². The van der Waals surface area contributed by atoms with E-state index in [1.807, 2.05) is 37.3 Å². The van der Waals surface area contributed by atoms with Crippen LogP contribution in [0.3, 0.4) is 0 Å². The van der Waals surface area contributed by atoms with E-state index >= 15 is 0 Å². The Kier molecular flexibility index (Phi) is 4.68. The largest absolute Gasteiger partial charge is 0.343 e. The van der Waals surface area contributed by atoms with Crippen LogP contribution in [0.15, 0.2) is 39.8 Å². The number of benzene rings is 1. The molecular formula is C16H21N5O. The maximum Gasteiger partial charge on any atom is 0.248 e. The van der Waals surface area contributed by atoms with E-state index in [-0.39, 0.29) is 0 Å². The maximum absolute atomic E-state index is 5.14. The summed E-state index contributed by atoms with van der Waals surface area (Å²) in [6, 6.07) is 10.1. The van der Waals surface area contributed by atoms with Crippen molar-refractivity contribution in [1.29, 1.82) is 0 Å². The normalized spacial score (nSPS) is 15.9. The molecule has 1 N–H and O–H groups in total. The number of aliphatic imine (C=N–C) groups is 1. The van der Waals surface area contributed by atoms with Crippen molar-refractivity contribution in [2.45, 2.75) is 32.7 Å². The maximum atomic E-state index is 5.14. The zero-order valence-corrected chi connectivity index (χ0v) is 12.8. The van der Waals surface area contributed by atoms with Crippen LogP contribution in [0.1, 0.15) is 31.0 Å². The zero-order chi connectivity index (χ0) is 15.2. The van der Waals surface area contributed by atoms with Crippen molar-refractivity contribution in [3.8, 4) is 0 Å². The van der Waals surface area contributed by atoms with Gasteiger partial charge in [-0.3, -0.25) is 0 Å². The number of likely N-dealkylation sites (tertiary alicyclic amines) is 1. The number of hydrogen-bond acceptors (Lipinski definition) is 4. The Morgan fingerprint density at radius 2 is 2.00 bits per heavy atom. The monoisotopic (exact) mass is 299 g/mol. The summed E-state index contributed by atoms with van der Waals surface area (Å²) in [4.78, 5) is 11.2. The number of anilines is 1. The summed E-state index contributed by atoms with van der Waals surface area (Å²) >= 11 is 0. The molecule has 1 aliphatic heterocycles. The highest BCUT2D eigenvalue weighted by molar-refractivity contribution is 5.93. The summed E-state index contributed by atoms with van der Waals surface area (Å²) in [5.74, 6) is 2.06. The van der Waals surface area contributed by atoms with Crippen LogP contribution in [0.4, 0.5) is 5.69 Å². The first-order valence-corrected chi connectivity index (χ1v) is 7.72. The average molecular weight is 299 g/mol. The molecule has 1 aromatic heterocycles. The topological polar surface area (TPSA) is 66.6 Å². The molecule has 1 aromatic carbocycles. The van der Waals surface area contributed by atoms with Gasteiger partial charge >= 0.3 is 0 Å². The van der Waals surface area contributed by atoms with Crippen LogP contribution in [0, 0.1) is 6.92 Å². The molecule has 22 heavy (non-hydrogen) atoms. The minimum Gasteiger partial charge on any atom is -0.343 e. The quantitative estimate of drug-likeness (QED) is 0.697. The molecule has 1 aliphatic rings. The third kappa shape index (κ3) is 3.84. The van der Waals surface area contributed by atoms with E-state index in [0.29, 0.717) is 18.3 Å². The number of aromatic nitrogens is 2. The van der Waals surface area contributed by atoms with Crippen LogP contribution in [-0.2, 0) is 6.54 Å². The van der Waals surface area contributed by atoms with Crippen molar-refractivity contribution in [2.75, 3.05) is 18.4 Å². The summed E-state index contributed by atoms with van der Waals surface area (Å²) in [5.41, 5.74) is 1.04. The van der Waals surface area contributed by atoms with Crippen LogP contribution in [0.25, 0.3) is 0 Å². The number of rotatable bonds is 3. The van der Waals surface area contributed by atoms with E-state index in [1.54, 1.807) is 0 Å². The lowest BCUT2D eigenvalue weighted by Crippen LogP contribution is -2.40. The number of hydrogen-bond donors (Lipinski definition) is 1. The summed E-state index contributed by atoms with van der Waals surface area (Å²) in [6.07, 6.45) is 3.70. The Labute approximate surface area is 130 Å². The zero-order valence-electron chi connectivity index (χ0n) is 12.8. The molecule has 1 saturated heterocycles. The Balaban J connectivity index is 1.75. The average Bonchev–Trinajstić information content (AvgIpc) is 2.99. The highest BCUT2D eigenvalue weighted by atomic mass is 16.5. The van der Waals surface area contributed by atoms with Crippen molar-refractivity contribution in [1.82, 2.24) is 15.0 Å². The lowest BCUT2D eigenvalue weighted by atomic mass is 10.1. The van der Waals surface area contributed by atoms with Crippen LogP contribution in [0.5, 0.6) is 0 Å². The first-order chi connectivity index (χ1) is 10.8. The van der Waals surface area contributed by atoms with E-state index in [9.17, 15) is 0 Å². The van der Waals surface area contributed by atoms with Crippen LogP contribution < -0.4 is 5.32 Å². The molecule has 0 bridgehead atoms. The first-order valence-electron chi connectivity index (χ1n) is 7.72. The van der Waals surface area contributed by atoms with Crippen LogP contribution in [-0.4, -0.2) is 34.1 Å². The highest BCUT2D eigenvalue weighted by Crippen LogP contribution is 2.13. The molecule has 0 aliphatic carbocycles. The fraction of sp³-hybridized carbons (Fsp3) is 0.438. The molecule has 0 amide bonds. The first kappa shape index (κ1) is 14.6. The van der Waals surface area contributed by atoms with Gasteiger partial charge in [0.25, 0.3) is 0 Å². The Morgan fingerprint density at radius 1 is 1.23 bits per heavy atom. The van der Waals surface area contributed by atoms with Gasteiger partial charge in [0.05, 0.1) is 0 Å². The lowest BCUT2D eigenvalue weighted by Gasteiger charge is -2.30. The van der Waals surface area contributed by atoms with E-state index < -0.39 is 0 Å². The molecule has 2 heterocycles. The molecule has 1 fully saturated rings. The molecule has 116 valence electrons. The predicted molar refractivity (Wildman–Crippen MR) is 85.7 cm³/mol. The van der Waals surface area contributed by atoms with Gasteiger partial charge in [0.1, 0.15) is 6.54 Å². The van der Waals surface area contributed by atoms with Crippen molar-refractivity contribution in [3.63, 3.8) is 0 Å². The second kappa shape index (κ2) is 7.06. The number of guanidine groups is 1. The van der Waals surface area contributed by atoms with Gasteiger partial charge in [-0.2, -0.15) is 4.98 Å². The highest BCUT2D eigenvalue weighted by Gasteiger charge is 2.15. The van der Waals surface area contributed by atoms with Gasteiger partial charge in [0.2, 0.25) is 5.89 Å². The minimum atomic E-state index is 0.395. The second-order valence-electron chi connectivity index (χ2n) is 5.41. The Hall–Kier alpha value is -2.37. The van der Waals surface area contributed by atoms with E-state index in [2.05, 4.69) is 25.3 Å². The number of aryl methyl sites for hydroxylation is 1. The van der Waals surface area contributed by atoms with E-state index in [4.69, 9.17) is 4.52 Å². The predicted octanol–water partition coefficient (Wildman–Crippen LogP) is 2.83. The fourth-order valence-electron chi connectivity index (χ4n) is 2.52. The van der Waals surface area contributed by atoms with Gasteiger partial charge in [0, 0.05) is 18.8 Å². The summed E-state index contributed by atoms with van der Waals surface area (Å²) in [5, 5.41) is 7.21. The number of para-hydroxylation sites is 1. The smallest absolute Gasteiger partial charge is 0.248 e. The molecule has 3 rings (SSSR count). The summed E-state index contributed by atoms with van der Waals surface area (Å²) < 4.78 is 5.14. The molecule has 0 spiro atoms.